The van der Waals surface area contributed by atoms with Crippen molar-refractivity contribution in [2.45, 2.75) is 27.7 Å². The van der Waals surface area contributed by atoms with Gasteiger partial charge in [0.1, 0.15) is 34.4 Å². The van der Waals surface area contributed by atoms with Crippen molar-refractivity contribution in [3.63, 3.8) is 0 Å². The lowest BCUT2D eigenvalue weighted by molar-refractivity contribution is 0.0955. The predicted octanol–water partition coefficient (Wildman–Crippen LogP) is 6.82. The molecule has 60 heavy (non-hydrogen) atoms. The molecule has 0 bridgehead atoms. The maximum Gasteiger partial charge on any atom is 0.335 e. The SMILES string of the molecule is CNC(=O)c1cnc(Nc2ccc(F)c(C)c2)nc1Nc1ccccc1C.CNC(=O)c1cnc(Nc2ccc(F)c(C)c2)nc1Nc1ccccc1C.O=S=O.O=S=O. The summed E-state index contributed by atoms with van der Waals surface area (Å²) in [6.45, 7) is 7.29. The standard InChI is InChI=1S/2C20H20FN5O.2O2S/c2*1-12-6-4-5-7-17(12)25-18-15(19(27)22-3)11-23-20(26-18)24-14-8-9-16(21)13(2)10-14;2*1-3-2/h2*4-11H,1-3H3,(H,22,27)(H2,23,24,25,26);;. The molecule has 0 aliphatic carbocycles. The van der Waals surface area contributed by atoms with Gasteiger partial charge in [-0.3, -0.25) is 9.59 Å². The van der Waals surface area contributed by atoms with Crippen LogP contribution in [-0.2, 0) is 23.1 Å². The first-order valence-corrected chi connectivity index (χ1v) is 18.9. The van der Waals surface area contributed by atoms with Crippen molar-refractivity contribution >= 4 is 81.2 Å². The van der Waals surface area contributed by atoms with Gasteiger partial charge in [0.15, 0.2) is 0 Å². The number of rotatable bonds is 10. The van der Waals surface area contributed by atoms with Crippen LogP contribution in [0, 0.1) is 39.3 Å². The van der Waals surface area contributed by atoms with Gasteiger partial charge >= 0.3 is 23.1 Å². The number of carbonyl (C=O) groups is 2. The Bertz CT molecular complexity index is 2350. The summed E-state index contributed by atoms with van der Waals surface area (Å²) in [6.07, 6.45) is 2.90. The molecule has 0 unspecified atom stereocenters. The monoisotopic (exact) mass is 858 g/mol. The number of benzene rings is 4. The van der Waals surface area contributed by atoms with E-state index in [0.717, 1.165) is 22.5 Å². The van der Waals surface area contributed by atoms with Crippen molar-refractivity contribution < 1.29 is 35.2 Å². The van der Waals surface area contributed by atoms with E-state index in [9.17, 15) is 18.4 Å². The molecule has 0 aliphatic heterocycles. The molecule has 0 aliphatic rings. The lowest BCUT2D eigenvalue weighted by Crippen LogP contribution is -2.20. The van der Waals surface area contributed by atoms with E-state index >= 15 is 0 Å². The fraction of sp³-hybridized carbons (Fsp3) is 0.150. The molecule has 2 aromatic heterocycles. The number of nitrogens with zero attached hydrogens (tertiary/aromatic N) is 4. The molecule has 4 aromatic carbocycles. The summed E-state index contributed by atoms with van der Waals surface area (Å²) in [4.78, 5) is 41.6. The molecule has 312 valence electrons. The van der Waals surface area contributed by atoms with Gasteiger partial charge in [0.2, 0.25) is 11.9 Å². The van der Waals surface area contributed by atoms with Gasteiger partial charge in [-0.25, -0.2) is 18.7 Å². The van der Waals surface area contributed by atoms with Crippen LogP contribution in [0.1, 0.15) is 43.0 Å². The summed E-state index contributed by atoms with van der Waals surface area (Å²) < 4.78 is 60.1. The second-order valence-corrected chi connectivity index (χ2v) is 12.5. The highest BCUT2D eigenvalue weighted by atomic mass is 32.1. The molecular formula is C40H40F2N10O6S2. The van der Waals surface area contributed by atoms with Gasteiger partial charge in [-0.1, -0.05) is 36.4 Å². The minimum Gasteiger partial charge on any atom is -0.355 e. The maximum absolute atomic E-state index is 13.4. The van der Waals surface area contributed by atoms with Crippen LogP contribution in [-0.4, -0.2) is 62.7 Å². The average molecular weight is 859 g/mol. The van der Waals surface area contributed by atoms with Gasteiger partial charge in [0, 0.05) is 49.2 Å². The number of amides is 2. The van der Waals surface area contributed by atoms with Crippen LogP contribution in [0.25, 0.3) is 0 Å². The lowest BCUT2D eigenvalue weighted by Gasteiger charge is -2.14. The van der Waals surface area contributed by atoms with Crippen LogP contribution in [0.15, 0.2) is 97.3 Å². The summed E-state index contributed by atoms with van der Waals surface area (Å²) >= 11 is -1.50. The highest BCUT2D eigenvalue weighted by Crippen LogP contribution is 2.26. The van der Waals surface area contributed by atoms with Crippen LogP contribution < -0.4 is 31.9 Å². The molecule has 16 nitrogen and oxygen atoms in total. The number of aromatic nitrogens is 4. The summed E-state index contributed by atoms with van der Waals surface area (Å²) in [5.41, 5.74) is 6.69. The minimum absolute atomic E-state index is 0.279. The van der Waals surface area contributed by atoms with Gasteiger partial charge in [-0.05, 0) is 98.5 Å². The molecule has 2 amide bonds. The lowest BCUT2D eigenvalue weighted by atomic mass is 10.2. The maximum atomic E-state index is 13.4. The first-order chi connectivity index (χ1) is 28.8. The smallest absolute Gasteiger partial charge is 0.335 e. The molecule has 0 radical (unpaired) electrons. The summed E-state index contributed by atoms with van der Waals surface area (Å²) in [7, 11) is 3.10. The molecule has 0 atom stereocenters. The van der Waals surface area contributed by atoms with Crippen LogP contribution in [0.5, 0.6) is 0 Å². The third-order valence-corrected chi connectivity index (χ3v) is 8.15. The van der Waals surface area contributed by atoms with Crippen LogP contribution in [0.2, 0.25) is 0 Å². The molecule has 20 heteroatoms. The highest BCUT2D eigenvalue weighted by Gasteiger charge is 2.17. The second kappa shape index (κ2) is 23.8. The zero-order valence-electron chi connectivity index (χ0n) is 33.0. The minimum atomic E-state index is -0.750. The Balaban J connectivity index is 0.000000283. The fourth-order valence-electron chi connectivity index (χ4n) is 5.06. The Morgan fingerprint density at radius 1 is 0.517 bits per heavy atom. The Morgan fingerprint density at radius 3 is 1.18 bits per heavy atom. The predicted molar refractivity (Wildman–Crippen MR) is 226 cm³/mol. The van der Waals surface area contributed by atoms with E-state index in [0.29, 0.717) is 57.2 Å². The van der Waals surface area contributed by atoms with Crippen molar-refractivity contribution in [1.29, 1.82) is 0 Å². The highest BCUT2D eigenvalue weighted by molar-refractivity contribution is 7.51. The number of anilines is 8. The largest absolute Gasteiger partial charge is 0.355 e. The second-order valence-electron chi connectivity index (χ2n) is 12.3. The number of para-hydroxylation sites is 2. The van der Waals surface area contributed by atoms with Crippen molar-refractivity contribution in [3.05, 3.63) is 142 Å². The number of carbonyl (C=O) groups excluding carboxylic acids is 2. The van der Waals surface area contributed by atoms with E-state index in [2.05, 4.69) is 51.8 Å². The van der Waals surface area contributed by atoms with E-state index in [1.807, 2.05) is 62.4 Å². The quantitative estimate of drug-likeness (QED) is 0.0832. The fourth-order valence-corrected chi connectivity index (χ4v) is 5.06. The summed E-state index contributed by atoms with van der Waals surface area (Å²) in [5, 5.41) is 17.6. The molecule has 0 saturated carbocycles. The van der Waals surface area contributed by atoms with Crippen molar-refractivity contribution in [3.8, 4) is 0 Å². The third-order valence-electron chi connectivity index (χ3n) is 8.15. The Kier molecular flexibility index (Phi) is 18.7. The number of nitrogens with one attached hydrogen (secondary N) is 6. The molecular weight excluding hydrogens is 819 g/mol. The van der Waals surface area contributed by atoms with Crippen molar-refractivity contribution in [1.82, 2.24) is 30.6 Å². The summed E-state index contributed by atoms with van der Waals surface area (Å²) in [5.74, 6) is 0.191. The normalized spacial score (nSPS) is 9.73. The summed E-state index contributed by atoms with van der Waals surface area (Å²) in [6, 6.07) is 24.7. The van der Waals surface area contributed by atoms with Crippen molar-refractivity contribution in [2.24, 2.45) is 0 Å². The number of halogens is 2. The molecule has 0 saturated heterocycles. The topological polar surface area (TPSA) is 226 Å². The van der Waals surface area contributed by atoms with Crippen LogP contribution >= 0.6 is 0 Å². The van der Waals surface area contributed by atoms with Crippen LogP contribution in [0.3, 0.4) is 0 Å². The number of aryl methyl sites for hydroxylation is 4. The van der Waals surface area contributed by atoms with E-state index in [1.165, 1.54) is 24.5 Å². The van der Waals surface area contributed by atoms with Gasteiger partial charge in [-0.2, -0.15) is 26.8 Å². The van der Waals surface area contributed by atoms with E-state index in [1.54, 1.807) is 52.2 Å². The number of hydrogen-bond donors (Lipinski definition) is 6. The van der Waals surface area contributed by atoms with Crippen LogP contribution in [0.4, 0.5) is 55.1 Å². The zero-order chi connectivity index (χ0) is 44.2. The van der Waals surface area contributed by atoms with E-state index < -0.39 is 23.1 Å². The molecule has 6 rings (SSSR count). The molecule has 6 N–H and O–H groups in total. The van der Waals surface area contributed by atoms with Crippen molar-refractivity contribution in [2.75, 3.05) is 35.4 Å². The van der Waals surface area contributed by atoms with Gasteiger partial charge in [0.05, 0.1) is 0 Å². The third kappa shape index (κ3) is 14.0. The number of hydrogen-bond acceptors (Lipinski definition) is 14. The first kappa shape index (κ1) is 47.1. The van der Waals surface area contributed by atoms with Gasteiger partial charge < -0.3 is 31.9 Å². The van der Waals surface area contributed by atoms with Gasteiger partial charge in [-0.15, -0.1) is 0 Å². The molecule has 6 aromatic rings. The first-order valence-electron chi connectivity index (χ1n) is 17.5. The zero-order valence-corrected chi connectivity index (χ0v) is 34.7. The van der Waals surface area contributed by atoms with Gasteiger partial charge in [0.25, 0.3) is 11.8 Å². The Morgan fingerprint density at radius 2 is 0.867 bits per heavy atom. The Labute approximate surface area is 351 Å². The average Bonchev–Trinajstić information content (AvgIpc) is 3.23. The van der Waals surface area contributed by atoms with E-state index in [4.69, 9.17) is 16.8 Å². The Hall–Kier alpha value is -7.32. The molecule has 0 fully saturated rings. The molecule has 2 heterocycles. The van der Waals surface area contributed by atoms with E-state index in [-0.39, 0.29) is 23.4 Å². The molecule has 0 spiro atoms.